The molecule has 0 aliphatic carbocycles. The number of nitro benzene ring substituents is 1. The number of halogens is 1. The van der Waals surface area contributed by atoms with Crippen molar-refractivity contribution in [1.82, 2.24) is 4.98 Å². The first kappa shape index (κ1) is 17.4. The van der Waals surface area contributed by atoms with Gasteiger partial charge in [-0.1, -0.05) is 11.6 Å². The Kier molecular flexibility index (Phi) is 4.59. The number of fused-ring (bicyclic) bond motifs is 1. The number of carbonyl (C=O) groups is 1. The summed E-state index contributed by atoms with van der Waals surface area (Å²) in [5.41, 5.74) is 5.90. The molecule has 26 heavy (non-hydrogen) atoms. The van der Waals surface area contributed by atoms with Crippen molar-refractivity contribution in [2.24, 2.45) is 5.73 Å². The van der Waals surface area contributed by atoms with Gasteiger partial charge in [0.2, 0.25) is 5.88 Å². The van der Waals surface area contributed by atoms with E-state index < -0.39 is 10.8 Å². The van der Waals surface area contributed by atoms with Gasteiger partial charge in [0, 0.05) is 29.7 Å². The summed E-state index contributed by atoms with van der Waals surface area (Å²) in [5, 5.41) is 11.4. The third-order valence-electron chi connectivity index (χ3n) is 3.59. The molecule has 132 valence electrons. The fourth-order valence-electron chi connectivity index (χ4n) is 2.37. The van der Waals surface area contributed by atoms with E-state index in [1.54, 1.807) is 24.3 Å². The highest BCUT2D eigenvalue weighted by molar-refractivity contribution is 6.32. The first-order valence-electron chi connectivity index (χ1n) is 7.29. The maximum Gasteiger partial charge on any atom is 0.288 e. The molecule has 2 aromatic carbocycles. The number of primary amides is 1. The summed E-state index contributed by atoms with van der Waals surface area (Å²) in [7, 11) is 1.42. The lowest BCUT2D eigenvalue weighted by Crippen LogP contribution is -2.12. The molecule has 9 heteroatoms. The Labute approximate surface area is 152 Å². The minimum atomic E-state index is -0.607. The Bertz CT molecular complexity index is 1040. The molecule has 0 bridgehead atoms. The van der Waals surface area contributed by atoms with E-state index in [0.29, 0.717) is 22.4 Å². The van der Waals surface area contributed by atoms with Crippen LogP contribution in [0.15, 0.2) is 42.5 Å². The number of nitrogens with zero attached hydrogens (tertiary/aromatic N) is 2. The van der Waals surface area contributed by atoms with Gasteiger partial charge in [-0.3, -0.25) is 14.9 Å². The lowest BCUT2D eigenvalue weighted by molar-refractivity contribution is -0.384. The molecule has 0 aliphatic rings. The molecule has 0 saturated carbocycles. The summed E-state index contributed by atoms with van der Waals surface area (Å²) in [6.07, 6.45) is 0. The van der Waals surface area contributed by atoms with E-state index in [-0.39, 0.29) is 22.2 Å². The summed E-state index contributed by atoms with van der Waals surface area (Å²) in [6, 6.07) is 10.5. The van der Waals surface area contributed by atoms with Crippen LogP contribution in [-0.2, 0) is 0 Å². The highest BCUT2D eigenvalue weighted by Crippen LogP contribution is 2.32. The van der Waals surface area contributed by atoms with Crippen LogP contribution in [0.4, 0.5) is 5.69 Å². The van der Waals surface area contributed by atoms with E-state index in [4.69, 9.17) is 26.8 Å². The quantitative estimate of drug-likeness (QED) is 0.538. The molecule has 0 unspecified atom stereocenters. The van der Waals surface area contributed by atoms with Crippen molar-refractivity contribution in [2.45, 2.75) is 0 Å². The van der Waals surface area contributed by atoms with Gasteiger partial charge in [-0.2, -0.15) is 0 Å². The van der Waals surface area contributed by atoms with Crippen molar-refractivity contribution >= 4 is 34.1 Å². The number of benzene rings is 2. The zero-order chi connectivity index (χ0) is 18.8. The van der Waals surface area contributed by atoms with E-state index in [9.17, 15) is 14.9 Å². The number of pyridine rings is 1. The minimum absolute atomic E-state index is 0.0407. The van der Waals surface area contributed by atoms with Gasteiger partial charge in [-0.25, -0.2) is 4.98 Å². The van der Waals surface area contributed by atoms with Crippen molar-refractivity contribution in [3.8, 4) is 17.4 Å². The van der Waals surface area contributed by atoms with Crippen LogP contribution >= 0.6 is 11.6 Å². The normalized spacial score (nSPS) is 10.5. The van der Waals surface area contributed by atoms with Crippen LogP contribution in [0.1, 0.15) is 10.4 Å². The van der Waals surface area contributed by atoms with Crippen LogP contribution in [0.3, 0.4) is 0 Å². The Hall–Kier alpha value is -3.39. The summed E-state index contributed by atoms with van der Waals surface area (Å²) in [5.74, 6) is 0.238. The summed E-state index contributed by atoms with van der Waals surface area (Å²) < 4.78 is 10.8. The molecular formula is C17H12ClN3O5. The predicted octanol–water partition coefficient (Wildman–Crippen LogP) is 3.70. The third kappa shape index (κ3) is 3.35. The van der Waals surface area contributed by atoms with Gasteiger partial charge < -0.3 is 15.2 Å². The number of ether oxygens (including phenoxy) is 2. The molecular weight excluding hydrogens is 362 g/mol. The van der Waals surface area contributed by atoms with E-state index in [0.717, 1.165) is 0 Å². The van der Waals surface area contributed by atoms with E-state index in [2.05, 4.69) is 4.98 Å². The zero-order valence-electron chi connectivity index (χ0n) is 13.4. The lowest BCUT2D eigenvalue weighted by atomic mass is 10.1. The summed E-state index contributed by atoms with van der Waals surface area (Å²) in [4.78, 5) is 26.0. The van der Waals surface area contributed by atoms with Gasteiger partial charge in [0.1, 0.15) is 16.5 Å². The lowest BCUT2D eigenvalue weighted by Gasteiger charge is -2.09. The molecule has 1 heterocycles. The van der Waals surface area contributed by atoms with Crippen molar-refractivity contribution in [3.05, 3.63) is 63.2 Å². The Balaban J connectivity index is 1.96. The Morgan fingerprint density at radius 3 is 2.62 bits per heavy atom. The predicted molar refractivity (Wildman–Crippen MR) is 95.0 cm³/mol. The molecule has 8 nitrogen and oxygen atoms in total. The number of nitro groups is 1. The number of rotatable bonds is 5. The second kappa shape index (κ2) is 6.85. The average Bonchev–Trinajstić information content (AvgIpc) is 2.60. The van der Waals surface area contributed by atoms with Crippen LogP contribution in [0.2, 0.25) is 5.02 Å². The standard InChI is InChI=1S/C17H12ClN3O5/c1-25-15-8-13-9(6-11(15)17(19)22)2-5-16(20-13)26-10-3-4-14(21(23)24)12(18)7-10/h2-8H,1H3,(H2,19,22). The largest absolute Gasteiger partial charge is 0.496 e. The number of aromatic nitrogens is 1. The first-order valence-corrected chi connectivity index (χ1v) is 7.67. The van der Waals surface area contributed by atoms with Crippen LogP contribution < -0.4 is 15.2 Å². The molecule has 3 rings (SSSR count). The first-order chi connectivity index (χ1) is 12.4. The molecule has 3 aromatic rings. The number of hydrogen-bond donors (Lipinski definition) is 1. The van der Waals surface area contributed by atoms with Crippen LogP contribution in [0, 0.1) is 10.1 Å². The smallest absolute Gasteiger partial charge is 0.288 e. The average molecular weight is 374 g/mol. The fourth-order valence-corrected chi connectivity index (χ4v) is 2.61. The maximum absolute atomic E-state index is 11.5. The van der Waals surface area contributed by atoms with Gasteiger partial charge in [0.05, 0.1) is 23.1 Å². The topological polar surface area (TPSA) is 118 Å². The number of methoxy groups -OCH3 is 1. The van der Waals surface area contributed by atoms with Gasteiger partial charge in [-0.05, 0) is 18.2 Å². The highest BCUT2D eigenvalue weighted by Gasteiger charge is 2.14. The second-order valence-corrected chi connectivity index (χ2v) is 5.64. The number of amides is 1. The van der Waals surface area contributed by atoms with Crippen LogP contribution in [-0.4, -0.2) is 22.9 Å². The number of nitrogens with two attached hydrogens (primary N) is 1. The van der Waals surface area contributed by atoms with Crippen molar-refractivity contribution in [3.63, 3.8) is 0 Å². The van der Waals surface area contributed by atoms with E-state index >= 15 is 0 Å². The molecule has 1 amide bonds. The summed E-state index contributed by atoms with van der Waals surface area (Å²) in [6.45, 7) is 0. The van der Waals surface area contributed by atoms with Crippen molar-refractivity contribution in [2.75, 3.05) is 7.11 Å². The molecule has 0 saturated heterocycles. The summed E-state index contributed by atoms with van der Waals surface area (Å²) >= 11 is 5.87. The van der Waals surface area contributed by atoms with Gasteiger partial charge in [0.15, 0.2) is 0 Å². The molecule has 0 fully saturated rings. The minimum Gasteiger partial charge on any atom is -0.496 e. The molecule has 0 spiro atoms. The molecule has 0 atom stereocenters. The second-order valence-electron chi connectivity index (χ2n) is 5.23. The number of carbonyl (C=O) groups excluding carboxylic acids is 1. The van der Waals surface area contributed by atoms with Gasteiger partial charge in [0.25, 0.3) is 11.6 Å². The highest BCUT2D eigenvalue weighted by atomic mass is 35.5. The molecule has 0 radical (unpaired) electrons. The van der Waals surface area contributed by atoms with Crippen molar-refractivity contribution < 1.29 is 19.2 Å². The van der Waals surface area contributed by atoms with E-state index in [1.807, 2.05) is 0 Å². The molecule has 2 N–H and O–H groups in total. The van der Waals surface area contributed by atoms with Crippen molar-refractivity contribution in [1.29, 1.82) is 0 Å². The third-order valence-corrected chi connectivity index (χ3v) is 3.89. The zero-order valence-corrected chi connectivity index (χ0v) is 14.2. The van der Waals surface area contributed by atoms with Gasteiger partial charge >= 0.3 is 0 Å². The van der Waals surface area contributed by atoms with Crippen LogP contribution in [0.5, 0.6) is 17.4 Å². The Morgan fingerprint density at radius 1 is 1.23 bits per heavy atom. The van der Waals surface area contributed by atoms with Gasteiger partial charge in [-0.15, -0.1) is 0 Å². The maximum atomic E-state index is 11.5. The number of hydrogen-bond acceptors (Lipinski definition) is 6. The molecule has 0 aliphatic heterocycles. The molecule has 1 aromatic heterocycles. The fraction of sp³-hybridized carbons (Fsp3) is 0.0588. The van der Waals surface area contributed by atoms with E-state index in [1.165, 1.54) is 25.3 Å². The monoisotopic (exact) mass is 373 g/mol. The van der Waals surface area contributed by atoms with Crippen LogP contribution in [0.25, 0.3) is 10.9 Å². The SMILES string of the molecule is COc1cc2nc(Oc3ccc([N+](=O)[O-])c(Cl)c3)ccc2cc1C(N)=O. The Morgan fingerprint density at radius 2 is 2.00 bits per heavy atom.